The highest BCUT2D eigenvalue weighted by Gasteiger charge is 2.42. The molecule has 1 aliphatic rings. The van der Waals surface area contributed by atoms with Gasteiger partial charge in [0.2, 0.25) is 0 Å². The average Bonchev–Trinajstić information content (AvgIpc) is 2.58. The average molecular weight is 381 g/mol. The van der Waals surface area contributed by atoms with E-state index in [1.807, 2.05) is 5.48 Å². The van der Waals surface area contributed by atoms with Crippen LogP contribution in [0.4, 0.5) is 32.0 Å². The van der Waals surface area contributed by atoms with E-state index in [1.165, 1.54) is 12.1 Å². The third-order valence-electron chi connectivity index (χ3n) is 3.84. The minimum atomic E-state index is -5.11. The number of rotatable bonds is 3. The van der Waals surface area contributed by atoms with E-state index in [9.17, 15) is 31.1 Å². The van der Waals surface area contributed by atoms with Crippen molar-refractivity contribution in [2.45, 2.75) is 31.2 Å². The van der Waals surface area contributed by atoms with E-state index in [0.29, 0.717) is 0 Å². The van der Waals surface area contributed by atoms with Crippen molar-refractivity contribution in [3.63, 3.8) is 0 Å². The first kappa shape index (κ1) is 19.8. The second kappa shape index (κ2) is 7.41. The molecule has 0 aromatic heterocycles. The molecule has 0 saturated carbocycles. The molecule has 1 aromatic carbocycles. The second-order valence-electron chi connectivity index (χ2n) is 5.61. The molecular formula is C15H13F6N3O2. The molecule has 0 radical (unpaired) electrons. The molecule has 1 fully saturated rings. The summed E-state index contributed by atoms with van der Waals surface area (Å²) in [5, 5.41) is 8.79. The fourth-order valence-corrected chi connectivity index (χ4v) is 2.51. The number of piperidine rings is 1. The van der Waals surface area contributed by atoms with Crippen molar-refractivity contribution in [1.82, 2.24) is 5.48 Å². The number of nitrogens with zero attached hydrogens (tertiary/aromatic N) is 2. The van der Waals surface area contributed by atoms with Gasteiger partial charge in [0.15, 0.2) is 0 Å². The maximum Gasteiger partial charge on any atom is 0.492 e. The molecule has 1 heterocycles. The van der Waals surface area contributed by atoms with Gasteiger partial charge >= 0.3 is 18.3 Å². The van der Waals surface area contributed by atoms with Gasteiger partial charge in [0.25, 0.3) is 0 Å². The van der Waals surface area contributed by atoms with E-state index in [4.69, 9.17) is 5.26 Å². The maximum atomic E-state index is 13.0. The number of hydrogen-bond acceptors (Lipinski definition) is 5. The summed E-state index contributed by atoms with van der Waals surface area (Å²) in [6.07, 6.45) is -9.27. The van der Waals surface area contributed by atoms with Crippen LogP contribution in [0.5, 0.6) is 0 Å². The standard InChI is InChI=1S/C15H13F6N3O2/c16-14(17,18)12-7-11(2-1-9(12)8-22)24-5-3-10(4-6-24)23-26-13(25)15(19,20)21/h1-2,7,10,23H,3-6H2. The summed E-state index contributed by atoms with van der Waals surface area (Å²) in [6, 6.07) is 4.27. The van der Waals surface area contributed by atoms with E-state index >= 15 is 0 Å². The monoisotopic (exact) mass is 381 g/mol. The van der Waals surface area contributed by atoms with Crippen molar-refractivity contribution in [2.24, 2.45) is 0 Å². The number of nitriles is 1. The van der Waals surface area contributed by atoms with Gasteiger partial charge in [0.05, 0.1) is 17.2 Å². The summed E-state index contributed by atoms with van der Waals surface area (Å²) < 4.78 is 75.1. The highest BCUT2D eigenvalue weighted by Crippen LogP contribution is 2.35. The quantitative estimate of drug-likeness (QED) is 0.644. The van der Waals surface area contributed by atoms with E-state index in [2.05, 4.69) is 4.84 Å². The summed E-state index contributed by atoms with van der Waals surface area (Å²) >= 11 is 0. The van der Waals surface area contributed by atoms with Gasteiger partial charge < -0.3 is 9.74 Å². The predicted molar refractivity (Wildman–Crippen MR) is 76.7 cm³/mol. The van der Waals surface area contributed by atoms with Crippen molar-refractivity contribution in [1.29, 1.82) is 5.26 Å². The number of halogens is 6. The van der Waals surface area contributed by atoms with Gasteiger partial charge in [-0.05, 0) is 31.0 Å². The number of alkyl halides is 6. The minimum absolute atomic E-state index is 0.241. The number of carbonyl (C=O) groups is 1. The molecule has 0 bridgehead atoms. The molecule has 5 nitrogen and oxygen atoms in total. The summed E-state index contributed by atoms with van der Waals surface area (Å²) in [6.45, 7) is 0.481. The Kier molecular flexibility index (Phi) is 5.65. The van der Waals surface area contributed by atoms with Crippen LogP contribution in [-0.2, 0) is 15.8 Å². The molecule has 1 aliphatic heterocycles. The molecule has 0 atom stereocenters. The van der Waals surface area contributed by atoms with Gasteiger partial charge in [-0.2, -0.15) is 31.6 Å². The predicted octanol–water partition coefficient (Wildman–Crippen LogP) is 3.16. The summed E-state index contributed by atoms with van der Waals surface area (Å²) in [4.78, 5) is 16.2. The number of carbonyl (C=O) groups excluding carboxylic acids is 1. The number of benzene rings is 1. The van der Waals surface area contributed by atoms with Crippen LogP contribution in [0.15, 0.2) is 18.2 Å². The van der Waals surface area contributed by atoms with E-state index < -0.39 is 35.5 Å². The SMILES string of the molecule is N#Cc1ccc(N2CCC(NOC(=O)C(F)(F)F)CC2)cc1C(F)(F)F. The zero-order chi connectivity index (χ0) is 19.5. The lowest BCUT2D eigenvalue weighted by molar-refractivity contribution is -0.208. The van der Waals surface area contributed by atoms with Crippen LogP contribution in [0.2, 0.25) is 0 Å². The summed E-state index contributed by atoms with van der Waals surface area (Å²) in [5.74, 6) is -2.36. The molecule has 11 heteroatoms. The molecule has 142 valence electrons. The summed E-state index contributed by atoms with van der Waals surface area (Å²) in [5.41, 5.74) is 0.753. The normalized spacial score (nSPS) is 16.3. The third-order valence-corrected chi connectivity index (χ3v) is 3.84. The molecule has 1 N–H and O–H groups in total. The Morgan fingerprint density at radius 1 is 1.19 bits per heavy atom. The van der Waals surface area contributed by atoms with Crippen LogP contribution in [0.25, 0.3) is 0 Å². The van der Waals surface area contributed by atoms with Crippen molar-refractivity contribution in [3.8, 4) is 6.07 Å². The number of hydrogen-bond donors (Lipinski definition) is 1. The molecule has 0 amide bonds. The zero-order valence-electron chi connectivity index (χ0n) is 13.1. The van der Waals surface area contributed by atoms with Crippen molar-refractivity contribution < 1.29 is 36.0 Å². The van der Waals surface area contributed by atoms with Gasteiger partial charge in [-0.3, -0.25) is 0 Å². The van der Waals surface area contributed by atoms with E-state index in [0.717, 1.165) is 12.1 Å². The number of anilines is 1. The van der Waals surface area contributed by atoms with Crippen LogP contribution in [0.1, 0.15) is 24.0 Å². The molecule has 0 aliphatic carbocycles. The van der Waals surface area contributed by atoms with E-state index in [-0.39, 0.29) is 31.6 Å². The van der Waals surface area contributed by atoms with Gasteiger partial charge in [0, 0.05) is 24.8 Å². The topological polar surface area (TPSA) is 65.4 Å². The second-order valence-corrected chi connectivity index (χ2v) is 5.61. The maximum absolute atomic E-state index is 13.0. The van der Waals surface area contributed by atoms with E-state index in [1.54, 1.807) is 4.90 Å². The molecule has 1 aromatic rings. The van der Waals surface area contributed by atoms with Crippen LogP contribution < -0.4 is 10.4 Å². The Bertz CT molecular complexity index is 703. The van der Waals surface area contributed by atoms with Gasteiger partial charge in [-0.25, -0.2) is 4.79 Å². The van der Waals surface area contributed by atoms with Crippen molar-refractivity contribution >= 4 is 11.7 Å². The Morgan fingerprint density at radius 3 is 2.31 bits per heavy atom. The Balaban J connectivity index is 1.98. The van der Waals surface area contributed by atoms with Gasteiger partial charge in [0.1, 0.15) is 0 Å². The van der Waals surface area contributed by atoms with Crippen LogP contribution in [-0.4, -0.2) is 31.3 Å². The van der Waals surface area contributed by atoms with Gasteiger partial charge in [-0.1, -0.05) is 0 Å². The van der Waals surface area contributed by atoms with Crippen molar-refractivity contribution in [3.05, 3.63) is 29.3 Å². The summed E-state index contributed by atoms with van der Waals surface area (Å²) in [7, 11) is 0. The first-order chi connectivity index (χ1) is 12.0. The fraction of sp³-hybridized carbons (Fsp3) is 0.467. The molecular weight excluding hydrogens is 368 g/mol. The van der Waals surface area contributed by atoms with Crippen molar-refractivity contribution in [2.75, 3.05) is 18.0 Å². The lowest BCUT2D eigenvalue weighted by Crippen LogP contribution is -2.44. The third kappa shape index (κ3) is 4.78. The largest absolute Gasteiger partial charge is 0.492 e. The molecule has 1 saturated heterocycles. The molecule has 26 heavy (non-hydrogen) atoms. The van der Waals surface area contributed by atoms with Crippen LogP contribution in [0, 0.1) is 11.3 Å². The first-order valence-electron chi connectivity index (χ1n) is 7.42. The zero-order valence-corrected chi connectivity index (χ0v) is 13.1. The fourth-order valence-electron chi connectivity index (χ4n) is 2.51. The van der Waals surface area contributed by atoms with Crippen LogP contribution >= 0.6 is 0 Å². The lowest BCUT2D eigenvalue weighted by Gasteiger charge is -2.33. The number of nitrogens with one attached hydrogen (secondary N) is 1. The lowest BCUT2D eigenvalue weighted by atomic mass is 10.0. The minimum Gasteiger partial charge on any atom is -0.371 e. The highest BCUT2D eigenvalue weighted by atomic mass is 19.4. The van der Waals surface area contributed by atoms with Crippen LogP contribution in [0.3, 0.4) is 0 Å². The molecule has 2 rings (SSSR count). The Hall–Kier alpha value is -2.48. The smallest absolute Gasteiger partial charge is 0.371 e. The Labute approximate surface area is 144 Å². The highest BCUT2D eigenvalue weighted by molar-refractivity contribution is 5.75. The molecule has 0 spiro atoms. The van der Waals surface area contributed by atoms with Gasteiger partial charge in [-0.15, -0.1) is 5.48 Å². The Morgan fingerprint density at radius 2 is 1.81 bits per heavy atom. The number of hydroxylamine groups is 1. The molecule has 0 unspecified atom stereocenters. The first-order valence-corrected chi connectivity index (χ1v) is 7.42.